The van der Waals surface area contributed by atoms with Crippen molar-refractivity contribution >= 4 is 10.0 Å². The van der Waals surface area contributed by atoms with Crippen LogP contribution in [0.3, 0.4) is 0 Å². The lowest BCUT2D eigenvalue weighted by Gasteiger charge is -2.27. The fourth-order valence-corrected chi connectivity index (χ4v) is 4.74. The zero-order valence-electron chi connectivity index (χ0n) is 13.6. The molecule has 3 rings (SSSR count). The van der Waals surface area contributed by atoms with E-state index in [4.69, 9.17) is 0 Å². The first-order valence-corrected chi connectivity index (χ1v) is 9.49. The molecule has 1 aliphatic rings. The summed E-state index contributed by atoms with van der Waals surface area (Å²) in [7, 11) is -1.70. The minimum atomic E-state index is -3.55. The van der Waals surface area contributed by atoms with Crippen LogP contribution in [-0.4, -0.2) is 38.8 Å². The molecule has 0 N–H and O–H groups in total. The lowest BCUT2D eigenvalue weighted by molar-refractivity contribution is 0.329. The maximum atomic E-state index is 13.1. The van der Waals surface area contributed by atoms with Crippen molar-refractivity contribution in [1.82, 2.24) is 23.9 Å². The van der Waals surface area contributed by atoms with E-state index in [0.717, 1.165) is 31.2 Å². The quantitative estimate of drug-likeness (QED) is 0.855. The van der Waals surface area contributed by atoms with E-state index in [1.165, 1.54) is 6.20 Å². The van der Waals surface area contributed by atoms with Crippen LogP contribution in [-0.2, 0) is 23.6 Å². The van der Waals surface area contributed by atoms with Gasteiger partial charge >= 0.3 is 0 Å². The second kappa shape index (κ2) is 6.45. The molecule has 1 aliphatic heterocycles. The molecule has 0 bridgehead atoms. The highest BCUT2D eigenvalue weighted by molar-refractivity contribution is 7.89. The van der Waals surface area contributed by atoms with Crippen LogP contribution in [0.1, 0.15) is 44.2 Å². The number of hydrogen-bond acceptors (Lipinski definition) is 4. The molecule has 0 aliphatic carbocycles. The van der Waals surface area contributed by atoms with Crippen LogP contribution in [0.4, 0.5) is 0 Å². The van der Waals surface area contributed by atoms with E-state index >= 15 is 0 Å². The van der Waals surface area contributed by atoms with E-state index in [0.29, 0.717) is 13.1 Å². The molecule has 0 saturated carbocycles. The number of nitrogens with zero attached hydrogens (tertiary/aromatic N) is 5. The Labute approximate surface area is 137 Å². The Morgan fingerprint density at radius 2 is 2.00 bits per heavy atom. The molecule has 2 aromatic rings. The summed E-state index contributed by atoms with van der Waals surface area (Å²) in [5.41, 5.74) is 0.959. The van der Waals surface area contributed by atoms with E-state index in [1.54, 1.807) is 26.1 Å². The molecule has 0 unspecified atom stereocenters. The fraction of sp³-hybridized carbons (Fsp3) is 0.600. The number of sulfonamides is 1. The number of rotatable bonds is 4. The van der Waals surface area contributed by atoms with Gasteiger partial charge in [-0.05, 0) is 19.8 Å². The Kier molecular flexibility index (Phi) is 4.54. The van der Waals surface area contributed by atoms with Crippen molar-refractivity contribution in [2.24, 2.45) is 7.05 Å². The normalized spacial score (nSPS) is 20.5. The van der Waals surface area contributed by atoms with E-state index in [9.17, 15) is 8.42 Å². The molecule has 7 nitrogen and oxygen atoms in total. The van der Waals surface area contributed by atoms with Crippen LogP contribution in [0.25, 0.3) is 0 Å². The summed E-state index contributed by atoms with van der Waals surface area (Å²) in [6, 6.07) is -0.152. The van der Waals surface area contributed by atoms with Gasteiger partial charge in [0.2, 0.25) is 10.0 Å². The maximum Gasteiger partial charge on any atom is 0.246 e. The van der Waals surface area contributed by atoms with Gasteiger partial charge in [-0.15, -0.1) is 0 Å². The fourth-order valence-electron chi connectivity index (χ4n) is 3.10. The van der Waals surface area contributed by atoms with Crippen molar-refractivity contribution in [3.63, 3.8) is 0 Å². The van der Waals surface area contributed by atoms with Crippen molar-refractivity contribution in [3.05, 3.63) is 30.4 Å². The first kappa shape index (κ1) is 16.2. The Morgan fingerprint density at radius 1 is 1.17 bits per heavy atom. The third-order valence-corrected chi connectivity index (χ3v) is 6.21. The Bertz CT molecular complexity index is 764. The van der Waals surface area contributed by atoms with Gasteiger partial charge in [-0.1, -0.05) is 12.8 Å². The molecule has 0 radical (unpaired) electrons. The molecule has 1 saturated heterocycles. The molecule has 1 fully saturated rings. The Hall–Kier alpha value is -1.67. The highest BCUT2D eigenvalue weighted by atomic mass is 32.2. The van der Waals surface area contributed by atoms with Gasteiger partial charge in [0.05, 0.1) is 18.4 Å². The lowest BCUT2D eigenvalue weighted by Crippen LogP contribution is -2.34. The van der Waals surface area contributed by atoms with Crippen LogP contribution in [0.15, 0.2) is 29.7 Å². The summed E-state index contributed by atoms with van der Waals surface area (Å²) in [5.74, 6) is 0. The molecule has 23 heavy (non-hydrogen) atoms. The molecule has 1 atom stereocenters. The van der Waals surface area contributed by atoms with Crippen molar-refractivity contribution in [3.8, 4) is 0 Å². The lowest BCUT2D eigenvalue weighted by atomic mass is 10.1. The van der Waals surface area contributed by atoms with Gasteiger partial charge in [0.1, 0.15) is 4.90 Å². The second-order valence-corrected chi connectivity index (χ2v) is 7.85. The number of hydrogen-bond donors (Lipinski definition) is 0. The van der Waals surface area contributed by atoms with Crippen LogP contribution < -0.4 is 0 Å². The first-order valence-electron chi connectivity index (χ1n) is 8.05. The average Bonchev–Trinajstić information content (AvgIpc) is 3.10. The number of aromatic nitrogens is 4. The molecule has 3 heterocycles. The third-order valence-electron chi connectivity index (χ3n) is 4.35. The topological polar surface area (TPSA) is 73.0 Å². The second-order valence-electron chi connectivity index (χ2n) is 5.96. The predicted molar refractivity (Wildman–Crippen MR) is 86.2 cm³/mol. The number of aryl methyl sites for hydroxylation is 2. The zero-order valence-corrected chi connectivity index (χ0v) is 14.4. The molecule has 2 aromatic heterocycles. The summed E-state index contributed by atoms with van der Waals surface area (Å²) in [6.45, 7) is 3.13. The van der Waals surface area contributed by atoms with Crippen LogP contribution >= 0.6 is 0 Å². The van der Waals surface area contributed by atoms with Crippen molar-refractivity contribution in [1.29, 1.82) is 0 Å². The van der Waals surface area contributed by atoms with Gasteiger partial charge in [-0.3, -0.25) is 9.36 Å². The summed E-state index contributed by atoms with van der Waals surface area (Å²) in [5, 5.41) is 8.32. The van der Waals surface area contributed by atoms with E-state index in [1.807, 2.05) is 20.2 Å². The Balaban J connectivity index is 1.98. The molecule has 126 valence electrons. The SMILES string of the molecule is CCn1cc(S(=O)(=O)N2CCCCC[C@H]2c2cnn(C)c2)cn1. The minimum Gasteiger partial charge on any atom is -0.275 e. The van der Waals surface area contributed by atoms with E-state index in [2.05, 4.69) is 10.2 Å². The van der Waals surface area contributed by atoms with Gasteiger partial charge in [-0.25, -0.2) is 8.42 Å². The summed E-state index contributed by atoms with van der Waals surface area (Å²) in [6.07, 6.45) is 10.5. The van der Waals surface area contributed by atoms with Gasteiger partial charge < -0.3 is 0 Å². The van der Waals surface area contributed by atoms with Gasteiger partial charge in [-0.2, -0.15) is 14.5 Å². The van der Waals surface area contributed by atoms with E-state index in [-0.39, 0.29) is 10.9 Å². The zero-order chi connectivity index (χ0) is 16.4. The smallest absolute Gasteiger partial charge is 0.246 e. The van der Waals surface area contributed by atoms with E-state index < -0.39 is 10.0 Å². The van der Waals surface area contributed by atoms with Crippen molar-refractivity contribution < 1.29 is 8.42 Å². The summed E-state index contributed by atoms with van der Waals surface area (Å²) in [4.78, 5) is 0.273. The van der Waals surface area contributed by atoms with Crippen LogP contribution in [0.2, 0.25) is 0 Å². The van der Waals surface area contributed by atoms with Gasteiger partial charge in [0, 0.05) is 38.1 Å². The molecule has 0 amide bonds. The molecule has 8 heteroatoms. The van der Waals surface area contributed by atoms with Crippen LogP contribution in [0, 0.1) is 0 Å². The van der Waals surface area contributed by atoms with Gasteiger partial charge in [0.15, 0.2) is 0 Å². The largest absolute Gasteiger partial charge is 0.275 e. The van der Waals surface area contributed by atoms with Crippen molar-refractivity contribution in [2.75, 3.05) is 6.54 Å². The maximum absolute atomic E-state index is 13.1. The monoisotopic (exact) mass is 337 g/mol. The molecule has 0 aromatic carbocycles. The predicted octanol–water partition coefficient (Wildman–Crippen LogP) is 1.94. The summed E-state index contributed by atoms with van der Waals surface area (Å²) < 4.78 is 31.2. The standard InChI is InChI=1S/C15H23N5O2S/c1-3-19-12-14(10-17-19)23(21,22)20-8-6-4-5-7-15(20)13-9-16-18(2)11-13/h9-12,15H,3-8H2,1-2H3/t15-/m0/s1. The Morgan fingerprint density at radius 3 is 2.65 bits per heavy atom. The molecular formula is C15H23N5O2S. The minimum absolute atomic E-state index is 0.152. The molecule has 0 spiro atoms. The van der Waals surface area contributed by atoms with Crippen LogP contribution in [0.5, 0.6) is 0 Å². The highest BCUT2D eigenvalue weighted by Gasteiger charge is 2.34. The van der Waals surface area contributed by atoms with Crippen molar-refractivity contribution in [2.45, 2.75) is 50.1 Å². The molecular weight excluding hydrogens is 314 g/mol. The van der Waals surface area contributed by atoms with Gasteiger partial charge in [0.25, 0.3) is 0 Å². The summed E-state index contributed by atoms with van der Waals surface area (Å²) >= 11 is 0. The average molecular weight is 337 g/mol. The highest BCUT2D eigenvalue weighted by Crippen LogP contribution is 2.34. The first-order chi connectivity index (χ1) is 11.0. The third kappa shape index (κ3) is 3.18.